The lowest BCUT2D eigenvalue weighted by atomic mass is 10.0. The number of amides is 1. The molecule has 0 bridgehead atoms. The fourth-order valence-corrected chi connectivity index (χ4v) is 3.23. The molecule has 0 aromatic heterocycles. The van der Waals surface area contributed by atoms with Gasteiger partial charge in [-0.25, -0.2) is 4.79 Å². The van der Waals surface area contributed by atoms with Crippen LogP contribution < -0.4 is 0 Å². The van der Waals surface area contributed by atoms with Crippen LogP contribution in [0, 0.1) is 17.8 Å². The van der Waals surface area contributed by atoms with E-state index in [1.54, 1.807) is 4.90 Å². The standard InChI is InChI=1S/C15H25NO4/c1-5-19-13(17)10-6-11-8-16(9-12(11)7-10)14(18)20-15(2,3)4/h10-12H,5-9H2,1-4H3/t10?,11-,12+. The highest BCUT2D eigenvalue weighted by Gasteiger charge is 2.45. The average Bonchev–Trinajstić information content (AvgIpc) is 2.83. The smallest absolute Gasteiger partial charge is 0.410 e. The number of carbonyl (C=O) groups is 2. The summed E-state index contributed by atoms with van der Waals surface area (Å²) in [5.74, 6) is 0.769. The molecule has 20 heavy (non-hydrogen) atoms. The third-order valence-electron chi connectivity index (χ3n) is 4.02. The quantitative estimate of drug-likeness (QED) is 0.730. The number of likely N-dealkylation sites (tertiary alicyclic amines) is 1. The normalized spacial score (nSPS) is 29.2. The number of fused-ring (bicyclic) bond motifs is 1. The van der Waals surface area contributed by atoms with Crippen LogP contribution in [-0.2, 0) is 14.3 Å². The van der Waals surface area contributed by atoms with E-state index in [0.717, 1.165) is 12.8 Å². The lowest BCUT2D eigenvalue weighted by molar-refractivity contribution is -0.148. The maximum atomic E-state index is 12.0. The zero-order chi connectivity index (χ0) is 14.9. The molecule has 1 saturated carbocycles. The van der Waals surface area contributed by atoms with Crippen LogP contribution in [0.25, 0.3) is 0 Å². The average molecular weight is 283 g/mol. The molecule has 0 spiro atoms. The molecule has 2 fully saturated rings. The maximum Gasteiger partial charge on any atom is 0.410 e. The molecule has 1 amide bonds. The van der Waals surface area contributed by atoms with Crippen LogP contribution in [0.3, 0.4) is 0 Å². The molecule has 114 valence electrons. The van der Waals surface area contributed by atoms with Gasteiger partial charge in [0.1, 0.15) is 5.60 Å². The van der Waals surface area contributed by atoms with E-state index < -0.39 is 5.60 Å². The molecule has 1 unspecified atom stereocenters. The van der Waals surface area contributed by atoms with Gasteiger partial charge in [-0.15, -0.1) is 0 Å². The van der Waals surface area contributed by atoms with Crippen molar-refractivity contribution in [2.75, 3.05) is 19.7 Å². The molecule has 1 aliphatic heterocycles. The van der Waals surface area contributed by atoms with Gasteiger partial charge in [0.25, 0.3) is 0 Å². The zero-order valence-corrected chi connectivity index (χ0v) is 12.8. The number of esters is 1. The third-order valence-corrected chi connectivity index (χ3v) is 4.02. The van der Waals surface area contributed by atoms with Crippen LogP contribution in [0.5, 0.6) is 0 Å². The fraction of sp³-hybridized carbons (Fsp3) is 0.867. The first kappa shape index (κ1) is 15.1. The van der Waals surface area contributed by atoms with Crippen molar-refractivity contribution in [1.82, 2.24) is 4.90 Å². The summed E-state index contributed by atoms with van der Waals surface area (Å²) in [6.45, 7) is 9.30. The summed E-state index contributed by atoms with van der Waals surface area (Å²) in [5.41, 5.74) is -0.456. The summed E-state index contributed by atoms with van der Waals surface area (Å²) in [4.78, 5) is 25.6. The van der Waals surface area contributed by atoms with Gasteiger partial charge >= 0.3 is 12.1 Å². The second-order valence-corrected chi connectivity index (χ2v) is 6.83. The minimum absolute atomic E-state index is 0.0192. The summed E-state index contributed by atoms with van der Waals surface area (Å²) in [6, 6.07) is 0. The first-order valence-corrected chi connectivity index (χ1v) is 7.44. The van der Waals surface area contributed by atoms with E-state index in [4.69, 9.17) is 9.47 Å². The SMILES string of the molecule is CCOC(=O)C1C[C@@H]2CN(C(=O)OC(C)(C)C)C[C@@H]2C1. The predicted octanol–water partition coefficient (Wildman–Crippen LogP) is 2.44. The topological polar surface area (TPSA) is 55.8 Å². The Balaban J connectivity index is 1.85. The number of hydrogen-bond donors (Lipinski definition) is 0. The van der Waals surface area contributed by atoms with Crippen molar-refractivity contribution in [2.45, 2.75) is 46.1 Å². The Hall–Kier alpha value is -1.26. The summed E-state index contributed by atoms with van der Waals surface area (Å²) in [5, 5.41) is 0. The van der Waals surface area contributed by atoms with Gasteiger partial charge < -0.3 is 14.4 Å². The minimum atomic E-state index is -0.456. The van der Waals surface area contributed by atoms with E-state index in [0.29, 0.717) is 31.5 Å². The molecule has 5 heteroatoms. The van der Waals surface area contributed by atoms with Gasteiger partial charge in [-0.2, -0.15) is 0 Å². The Morgan fingerprint density at radius 1 is 1.15 bits per heavy atom. The number of nitrogens with zero attached hydrogens (tertiary/aromatic N) is 1. The molecule has 1 saturated heterocycles. The lowest BCUT2D eigenvalue weighted by Crippen LogP contribution is -2.36. The molecule has 5 nitrogen and oxygen atoms in total. The Bertz CT molecular complexity index is 374. The summed E-state index contributed by atoms with van der Waals surface area (Å²) < 4.78 is 10.5. The second kappa shape index (κ2) is 5.62. The van der Waals surface area contributed by atoms with Gasteiger partial charge in [0.15, 0.2) is 0 Å². The highest BCUT2D eigenvalue weighted by Crippen LogP contribution is 2.42. The molecular formula is C15H25NO4. The summed E-state index contributed by atoms with van der Waals surface area (Å²) >= 11 is 0. The number of rotatable bonds is 2. The van der Waals surface area contributed by atoms with Gasteiger partial charge in [0.05, 0.1) is 12.5 Å². The van der Waals surface area contributed by atoms with Crippen molar-refractivity contribution < 1.29 is 19.1 Å². The number of ether oxygens (including phenoxy) is 2. The van der Waals surface area contributed by atoms with Crippen LogP contribution >= 0.6 is 0 Å². The zero-order valence-electron chi connectivity index (χ0n) is 12.8. The first-order valence-electron chi connectivity index (χ1n) is 7.44. The molecule has 1 heterocycles. The van der Waals surface area contributed by atoms with E-state index in [-0.39, 0.29) is 18.0 Å². The number of carbonyl (C=O) groups excluding carboxylic acids is 2. The van der Waals surface area contributed by atoms with Crippen LogP contribution in [0.2, 0.25) is 0 Å². The molecule has 0 aromatic carbocycles. The monoisotopic (exact) mass is 283 g/mol. The molecule has 0 aromatic rings. The highest BCUT2D eigenvalue weighted by molar-refractivity contribution is 5.73. The maximum absolute atomic E-state index is 12.0. The van der Waals surface area contributed by atoms with Crippen LogP contribution in [-0.4, -0.2) is 42.3 Å². The van der Waals surface area contributed by atoms with Gasteiger partial charge in [0.2, 0.25) is 0 Å². The van der Waals surface area contributed by atoms with Gasteiger partial charge in [-0.3, -0.25) is 4.79 Å². The molecular weight excluding hydrogens is 258 g/mol. The summed E-state index contributed by atoms with van der Waals surface area (Å²) in [7, 11) is 0. The van der Waals surface area contributed by atoms with Crippen molar-refractivity contribution in [3.63, 3.8) is 0 Å². The Morgan fingerprint density at radius 2 is 1.70 bits per heavy atom. The molecule has 2 aliphatic rings. The Labute approximate surface area is 120 Å². The van der Waals surface area contributed by atoms with Gasteiger partial charge in [-0.05, 0) is 52.4 Å². The van der Waals surface area contributed by atoms with Crippen molar-refractivity contribution in [3.8, 4) is 0 Å². The van der Waals surface area contributed by atoms with Crippen LogP contribution in [0.1, 0.15) is 40.5 Å². The fourth-order valence-electron chi connectivity index (χ4n) is 3.23. The molecule has 1 aliphatic carbocycles. The third kappa shape index (κ3) is 3.44. The van der Waals surface area contributed by atoms with Gasteiger partial charge in [-0.1, -0.05) is 0 Å². The van der Waals surface area contributed by atoms with E-state index in [9.17, 15) is 9.59 Å². The number of hydrogen-bond acceptors (Lipinski definition) is 4. The van der Waals surface area contributed by atoms with Crippen LogP contribution in [0.15, 0.2) is 0 Å². The first-order chi connectivity index (χ1) is 9.30. The van der Waals surface area contributed by atoms with E-state index in [1.807, 2.05) is 27.7 Å². The van der Waals surface area contributed by atoms with E-state index in [1.165, 1.54) is 0 Å². The summed E-state index contributed by atoms with van der Waals surface area (Å²) in [6.07, 6.45) is 1.44. The van der Waals surface area contributed by atoms with Crippen molar-refractivity contribution in [2.24, 2.45) is 17.8 Å². The highest BCUT2D eigenvalue weighted by atomic mass is 16.6. The molecule has 2 rings (SSSR count). The van der Waals surface area contributed by atoms with Gasteiger partial charge in [0, 0.05) is 13.1 Å². The Morgan fingerprint density at radius 3 is 2.15 bits per heavy atom. The van der Waals surface area contributed by atoms with Crippen molar-refractivity contribution >= 4 is 12.1 Å². The minimum Gasteiger partial charge on any atom is -0.466 e. The second-order valence-electron chi connectivity index (χ2n) is 6.83. The van der Waals surface area contributed by atoms with E-state index >= 15 is 0 Å². The largest absolute Gasteiger partial charge is 0.466 e. The van der Waals surface area contributed by atoms with Crippen molar-refractivity contribution in [1.29, 1.82) is 0 Å². The Kier molecular flexibility index (Phi) is 4.25. The predicted molar refractivity (Wildman–Crippen MR) is 74.1 cm³/mol. The lowest BCUT2D eigenvalue weighted by Gasteiger charge is -2.25. The molecule has 0 N–H and O–H groups in total. The molecule has 3 atom stereocenters. The van der Waals surface area contributed by atoms with Crippen molar-refractivity contribution in [3.05, 3.63) is 0 Å². The van der Waals surface area contributed by atoms with E-state index in [2.05, 4.69) is 0 Å². The van der Waals surface area contributed by atoms with Crippen LogP contribution in [0.4, 0.5) is 4.79 Å². The molecule has 0 radical (unpaired) electrons.